The lowest BCUT2D eigenvalue weighted by Gasteiger charge is -2.17. The number of carbonyl (C=O) groups excluding carboxylic acids is 1. The van der Waals surface area contributed by atoms with Gasteiger partial charge in [0.05, 0.1) is 12.1 Å². The summed E-state index contributed by atoms with van der Waals surface area (Å²) in [5, 5.41) is 20.7. The number of aliphatic hydroxyl groups is 1. The summed E-state index contributed by atoms with van der Waals surface area (Å²) in [5.41, 5.74) is 5.55. The maximum Gasteiger partial charge on any atom is 0.303 e. The molecule has 0 aromatic rings. The zero-order valence-corrected chi connectivity index (χ0v) is 9.76. The van der Waals surface area contributed by atoms with Gasteiger partial charge in [-0.1, -0.05) is 6.42 Å². The van der Waals surface area contributed by atoms with Gasteiger partial charge in [0.15, 0.2) is 0 Å². The quantitative estimate of drug-likeness (QED) is 0.501. The van der Waals surface area contributed by atoms with Gasteiger partial charge in [-0.05, 0) is 19.3 Å². The van der Waals surface area contributed by atoms with Gasteiger partial charge in [0.2, 0.25) is 5.91 Å². The van der Waals surface area contributed by atoms with E-state index in [1.54, 1.807) is 0 Å². The summed E-state index contributed by atoms with van der Waals surface area (Å²) in [7, 11) is 0. The van der Waals surface area contributed by atoms with E-state index < -0.39 is 12.0 Å². The van der Waals surface area contributed by atoms with E-state index in [9.17, 15) is 14.7 Å². The Balaban J connectivity index is 2.21. The molecule has 1 amide bonds. The molecule has 0 radical (unpaired) electrons. The van der Waals surface area contributed by atoms with Crippen LogP contribution in [-0.4, -0.2) is 40.8 Å². The lowest BCUT2D eigenvalue weighted by molar-refractivity contribution is -0.137. The normalized spacial score (nSPS) is 25.5. The number of rotatable bonds is 6. The summed E-state index contributed by atoms with van der Waals surface area (Å²) >= 11 is 0. The molecule has 1 saturated carbocycles. The zero-order valence-electron chi connectivity index (χ0n) is 9.76. The van der Waals surface area contributed by atoms with Crippen molar-refractivity contribution in [2.24, 2.45) is 11.7 Å². The Morgan fingerprint density at radius 1 is 1.41 bits per heavy atom. The summed E-state index contributed by atoms with van der Waals surface area (Å²) in [4.78, 5) is 21.8. The fourth-order valence-corrected chi connectivity index (χ4v) is 2.03. The van der Waals surface area contributed by atoms with Crippen molar-refractivity contribution in [3.63, 3.8) is 0 Å². The highest BCUT2D eigenvalue weighted by Gasteiger charge is 2.26. The zero-order chi connectivity index (χ0) is 12.8. The molecule has 0 aromatic heterocycles. The number of nitrogens with one attached hydrogen (secondary N) is 1. The minimum absolute atomic E-state index is 0.102. The van der Waals surface area contributed by atoms with Gasteiger partial charge < -0.3 is 21.3 Å². The van der Waals surface area contributed by atoms with Crippen LogP contribution in [0.3, 0.4) is 0 Å². The highest BCUT2D eigenvalue weighted by atomic mass is 16.4. The van der Waals surface area contributed by atoms with Crippen LogP contribution in [0.4, 0.5) is 0 Å². The highest BCUT2D eigenvalue weighted by molar-refractivity contribution is 5.82. The second-order valence-electron chi connectivity index (χ2n) is 4.54. The van der Waals surface area contributed by atoms with Crippen molar-refractivity contribution >= 4 is 11.9 Å². The summed E-state index contributed by atoms with van der Waals surface area (Å²) in [5.74, 6) is -1.20. The van der Waals surface area contributed by atoms with Gasteiger partial charge >= 0.3 is 5.97 Å². The first-order chi connectivity index (χ1) is 8.00. The Hall–Kier alpha value is -1.14. The Kier molecular flexibility index (Phi) is 5.37. The molecule has 0 saturated heterocycles. The molecule has 3 atom stereocenters. The molecule has 0 aliphatic heterocycles. The van der Waals surface area contributed by atoms with Gasteiger partial charge in [-0.15, -0.1) is 0 Å². The molecule has 6 heteroatoms. The van der Waals surface area contributed by atoms with Crippen molar-refractivity contribution in [2.75, 3.05) is 6.54 Å². The number of carbonyl (C=O) groups is 2. The number of hydrogen-bond acceptors (Lipinski definition) is 4. The summed E-state index contributed by atoms with van der Waals surface area (Å²) in [6.45, 7) is 0.417. The molecule has 1 rings (SSSR count). The van der Waals surface area contributed by atoms with Crippen LogP contribution in [0.2, 0.25) is 0 Å². The number of carboxylic acids is 1. The van der Waals surface area contributed by atoms with Crippen LogP contribution in [0.5, 0.6) is 0 Å². The van der Waals surface area contributed by atoms with Crippen molar-refractivity contribution < 1.29 is 19.8 Å². The van der Waals surface area contributed by atoms with E-state index in [4.69, 9.17) is 10.8 Å². The molecule has 5 N–H and O–H groups in total. The standard InChI is InChI=1S/C11H20N2O4/c12-8(4-5-10(15)16)11(17)13-6-7-2-1-3-9(7)14/h7-9,14H,1-6,12H2,(H,13,17)(H,15,16). The van der Waals surface area contributed by atoms with E-state index in [1.807, 2.05) is 0 Å². The van der Waals surface area contributed by atoms with E-state index in [0.29, 0.717) is 6.54 Å². The second kappa shape index (κ2) is 6.56. The summed E-state index contributed by atoms with van der Waals surface area (Å²) < 4.78 is 0. The Bertz CT molecular complexity index is 283. The molecule has 0 heterocycles. The smallest absolute Gasteiger partial charge is 0.303 e. The van der Waals surface area contributed by atoms with Crippen LogP contribution in [0.15, 0.2) is 0 Å². The van der Waals surface area contributed by atoms with Gasteiger partial charge in [0.25, 0.3) is 0 Å². The van der Waals surface area contributed by atoms with Crippen LogP contribution in [0, 0.1) is 5.92 Å². The number of aliphatic hydroxyl groups excluding tert-OH is 1. The Morgan fingerprint density at radius 2 is 2.12 bits per heavy atom. The van der Waals surface area contributed by atoms with E-state index in [0.717, 1.165) is 19.3 Å². The van der Waals surface area contributed by atoms with Gasteiger partial charge in [-0.3, -0.25) is 9.59 Å². The fraction of sp³-hybridized carbons (Fsp3) is 0.818. The molecule has 0 bridgehead atoms. The summed E-state index contributed by atoms with van der Waals surface area (Å²) in [6, 6.07) is -0.787. The first kappa shape index (κ1) is 13.9. The Labute approximate surface area is 100 Å². The molecule has 3 unspecified atom stereocenters. The van der Waals surface area contributed by atoms with Gasteiger partial charge in [0.1, 0.15) is 0 Å². The van der Waals surface area contributed by atoms with Crippen molar-refractivity contribution in [1.82, 2.24) is 5.32 Å². The number of carboxylic acid groups (broad SMARTS) is 1. The van der Waals surface area contributed by atoms with Crippen molar-refractivity contribution in [3.8, 4) is 0 Å². The molecule has 1 fully saturated rings. The van der Waals surface area contributed by atoms with Crippen LogP contribution in [0.1, 0.15) is 32.1 Å². The van der Waals surface area contributed by atoms with Gasteiger partial charge in [-0.2, -0.15) is 0 Å². The minimum Gasteiger partial charge on any atom is -0.481 e. The predicted octanol–water partition coefficient (Wildman–Crippen LogP) is -0.544. The average Bonchev–Trinajstić information content (AvgIpc) is 2.68. The van der Waals surface area contributed by atoms with Crippen molar-refractivity contribution in [1.29, 1.82) is 0 Å². The van der Waals surface area contributed by atoms with Crippen LogP contribution >= 0.6 is 0 Å². The number of nitrogens with two attached hydrogens (primary N) is 1. The third-order valence-corrected chi connectivity index (χ3v) is 3.16. The second-order valence-corrected chi connectivity index (χ2v) is 4.54. The van der Waals surface area contributed by atoms with E-state index in [1.165, 1.54) is 0 Å². The lowest BCUT2D eigenvalue weighted by atomic mass is 10.1. The van der Waals surface area contributed by atoms with Gasteiger partial charge in [0, 0.05) is 18.9 Å². The molecule has 0 spiro atoms. The third kappa shape index (κ3) is 4.70. The van der Waals surface area contributed by atoms with Gasteiger partial charge in [-0.25, -0.2) is 0 Å². The average molecular weight is 244 g/mol. The number of hydrogen-bond donors (Lipinski definition) is 4. The first-order valence-electron chi connectivity index (χ1n) is 5.94. The third-order valence-electron chi connectivity index (χ3n) is 3.16. The molecule has 1 aliphatic carbocycles. The molecule has 6 nitrogen and oxygen atoms in total. The largest absolute Gasteiger partial charge is 0.481 e. The molecule has 1 aliphatic rings. The summed E-state index contributed by atoms with van der Waals surface area (Å²) in [6.07, 6.45) is 2.35. The molecular weight excluding hydrogens is 224 g/mol. The minimum atomic E-state index is -0.959. The fourth-order valence-electron chi connectivity index (χ4n) is 2.03. The molecule has 0 aromatic carbocycles. The lowest BCUT2D eigenvalue weighted by Crippen LogP contribution is -2.43. The van der Waals surface area contributed by atoms with E-state index in [2.05, 4.69) is 5.32 Å². The maximum absolute atomic E-state index is 11.5. The number of aliphatic carboxylic acids is 1. The van der Waals surface area contributed by atoms with Crippen LogP contribution in [0.25, 0.3) is 0 Å². The van der Waals surface area contributed by atoms with Crippen LogP contribution < -0.4 is 11.1 Å². The number of amides is 1. The first-order valence-corrected chi connectivity index (χ1v) is 5.94. The molecular formula is C11H20N2O4. The molecule has 98 valence electrons. The monoisotopic (exact) mass is 244 g/mol. The predicted molar refractivity (Wildman–Crippen MR) is 61.2 cm³/mol. The van der Waals surface area contributed by atoms with Crippen molar-refractivity contribution in [2.45, 2.75) is 44.2 Å². The van der Waals surface area contributed by atoms with Crippen molar-refractivity contribution in [3.05, 3.63) is 0 Å². The van der Waals surface area contributed by atoms with Crippen LogP contribution in [-0.2, 0) is 9.59 Å². The van der Waals surface area contributed by atoms with E-state index in [-0.39, 0.29) is 30.8 Å². The Morgan fingerprint density at radius 3 is 2.65 bits per heavy atom. The molecule has 17 heavy (non-hydrogen) atoms. The highest BCUT2D eigenvalue weighted by Crippen LogP contribution is 2.24. The maximum atomic E-state index is 11.5. The topological polar surface area (TPSA) is 113 Å². The SMILES string of the molecule is NC(CCC(=O)O)C(=O)NCC1CCCC1O. The van der Waals surface area contributed by atoms with E-state index >= 15 is 0 Å².